The first-order valence-corrected chi connectivity index (χ1v) is 11.3. The number of aryl methyl sites for hydroxylation is 2. The zero-order valence-corrected chi connectivity index (χ0v) is 19.7. The first kappa shape index (κ1) is 23.2. The predicted octanol–water partition coefficient (Wildman–Crippen LogP) is 1.17. The average molecular weight is 433 g/mol. The summed E-state index contributed by atoms with van der Waals surface area (Å²) in [5.41, 5.74) is 0.281. The van der Waals surface area contributed by atoms with Gasteiger partial charge in [-0.3, -0.25) is 23.6 Å². The van der Waals surface area contributed by atoms with Crippen LogP contribution in [-0.2, 0) is 32.0 Å². The van der Waals surface area contributed by atoms with Crippen LogP contribution in [0, 0.1) is 11.8 Å². The molecule has 2 aromatic rings. The summed E-state index contributed by atoms with van der Waals surface area (Å²) in [6, 6.07) is 0. The molecule has 1 fully saturated rings. The number of piperazine rings is 1. The summed E-state index contributed by atoms with van der Waals surface area (Å²) in [7, 11) is 3.18. The monoisotopic (exact) mass is 432 g/mol. The first-order valence-electron chi connectivity index (χ1n) is 11.3. The van der Waals surface area contributed by atoms with Gasteiger partial charge in [0.1, 0.15) is 5.82 Å². The van der Waals surface area contributed by atoms with E-state index in [-0.39, 0.29) is 23.1 Å². The molecule has 1 saturated heterocycles. The fourth-order valence-electron chi connectivity index (χ4n) is 4.20. The highest BCUT2D eigenvalue weighted by molar-refractivity contribution is 5.78. The lowest BCUT2D eigenvalue weighted by Gasteiger charge is -2.35. The van der Waals surface area contributed by atoms with Crippen molar-refractivity contribution in [2.24, 2.45) is 25.9 Å². The minimum atomic E-state index is -0.364. The molecule has 1 amide bonds. The fourth-order valence-corrected chi connectivity index (χ4v) is 4.20. The number of nitrogens with zero attached hydrogens (tertiary/aromatic N) is 6. The topological polar surface area (TPSA) is 85.4 Å². The summed E-state index contributed by atoms with van der Waals surface area (Å²) in [5, 5.41) is 0. The molecule has 0 bridgehead atoms. The summed E-state index contributed by atoms with van der Waals surface area (Å²) >= 11 is 0. The molecule has 0 spiro atoms. The highest BCUT2D eigenvalue weighted by atomic mass is 16.2. The van der Waals surface area contributed by atoms with Crippen molar-refractivity contribution in [1.82, 2.24) is 28.5 Å². The van der Waals surface area contributed by atoms with Crippen LogP contribution in [0.5, 0.6) is 0 Å². The van der Waals surface area contributed by atoms with E-state index in [0.717, 1.165) is 36.3 Å². The minimum absolute atomic E-state index is 0.00852. The number of hydrogen-bond donors (Lipinski definition) is 0. The number of fused-ring (bicyclic) bond motifs is 1. The van der Waals surface area contributed by atoms with E-state index in [1.165, 1.54) is 11.6 Å². The molecule has 0 atom stereocenters. The number of carbonyl (C=O) groups excluding carboxylic acids is 1. The SMILES string of the molecule is CC(C)CCCn1c(CN2CCN(C(=O)C(C)C)CC2)nc2c1c(=O)n(C)c(=O)n2C. The van der Waals surface area contributed by atoms with Crippen LogP contribution in [0.25, 0.3) is 11.2 Å². The molecule has 0 aliphatic carbocycles. The van der Waals surface area contributed by atoms with Gasteiger partial charge in [-0.2, -0.15) is 0 Å². The molecule has 1 aliphatic heterocycles. The third-order valence-electron chi connectivity index (χ3n) is 6.13. The Labute approximate surface area is 183 Å². The number of rotatable bonds is 7. The van der Waals surface area contributed by atoms with Crippen LogP contribution < -0.4 is 11.2 Å². The average Bonchev–Trinajstić information content (AvgIpc) is 3.08. The smallest absolute Gasteiger partial charge is 0.332 e. The Bertz CT molecular complexity index is 1050. The lowest BCUT2D eigenvalue weighted by atomic mass is 10.1. The van der Waals surface area contributed by atoms with Gasteiger partial charge in [0.15, 0.2) is 11.2 Å². The van der Waals surface area contributed by atoms with Gasteiger partial charge in [-0.1, -0.05) is 27.7 Å². The molecule has 9 heteroatoms. The number of hydrogen-bond acceptors (Lipinski definition) is 5. The molecule has 0 radical (unpaired) electrons. The molecule has 9 nitrogen and oxygen atoms in total. The molecule has 0 N–H and O–H groups in total. The standard InChI is InChI=1S/C22H36N6O3/c1-15(2)8-7-9-28-17(14-26-10-12-27(13-11-26)20(29)16(3)4)23-19-18(28)21(30)25(6)22(31)24(19)5/h15-16H,7-14H2,1-6H3. The molecule has 2 aromatic heterocycles. The van der Waals surface area contributed by atoms with Crippen LogP contribution in [-0.4, -0.2) is 60.6 Å². The van der Waals surface area contributed by atoms with Crippen molar-refractivity contribution in [2.75, 3.05) is 26.2 Å². The van der Waals surface area contributed by atoms with Gasteiger partial charge in [0, 0.05) is 52.7 Å². The van der Waals surface area contributed by atoms with Crippen LogP contribution in [0.3, 0.4) is 0 Å². The Hall–Kier alpha value is -2.42. The van der Waals surface area contributed by atoms with Crippen molar-refractivity contribution in [3.05, 3.63) is 26.7 Å². The Morgan fingerprint density at radius 3 is 2.23 bits per heavy atom. The summed E-state index contributed by atoms with van der Waals surface area (Å²) in [4.78, 5) is 46.5. The molecule has 0 aromatic carbocycles. The maximum absolute atomic E-state index is 12.9. The molecule has 0 unspecified atom stereocenters. The lowest BCUT2D eigenvalue weighted by Crippen LogP contribution is -2.49. The van der Waals surface area contributed by atoms with E-state index in [9.17, 15) is 14.4 Å². The fraction of sp³-hybridized carbons (Fsp3) is 0.727. The molecule has 0 saturated carbocycles. The Balaban J connectivity index is 1.90. The van der Waals surface area contributed by atoms with Crippen molar-refractivity contribution in [2.45, 2.75) is 53.6 Å². The Morgan fingerprint density at radius 2 is 1.65 bits per heavy atom. The van der Waals surface area contributed by atoms with Crippen molar-refractivity contribution < 1.29 is 4.79 Å². The van der Waals surface area contributed by atoms with Gasteiger partial charge in [-0.15, -0.1) is 0 Å². The van der Waals surface area contributed by atoms with Crippen LogP contribution in [0.4, 0.5) is 0 Å². The summed E-state index contributed by atoms with van der Waals surface area (Å²) in [6.07, 6.45) is 2.00. The normalized spacial score (nSPS) is 15.5. The lowest BCUT2D eigenvalue weighted by molar-refractivity contribution is -0.136. The highest BCUT2D eigenvalue weighted by Gasteiger charge is 2.25. The largest absolute Gasteiger partial charge is 0.340 e. The molecular formula is C22H36N6O3. The number of aromatic nitrogens is 4. The van der Waals surface area contributed by atoms with E-state index in [0.29, 0.717) is 43.3 Å². The van der Waals surface area contributed by atoms with Crippen molar-refractivity contribution in [3.8, 4) is 0 Å². The van der Waals surface area contributed by atoms with Crippen molar-refractivity contribution in [3.63, 3.8) is 0 Å². The third-order valence-corrected chi connectivity index (χ3v) is 6.13. The second-order valence-electron chi connectivity index (χ2n) is 9.35. The van der Waals surface area contributed by atoms with E-state index >= 15 is 0 Å². The number of carbonyl (C=O) groups is 1. The Kier molecular flexibility index (Phi) is 7.03. The molecule has 31 heavy (non-hydrogen) atoms. The summed E-state index contributed by atoms with van der Waals surface area (Å²) < 4.78 is 4.62. The second-order valence-corrected chi connectivity index (χ2v) is 9.35. The zero-order chi connectivity index (χ0) is 22.9. The van der Waals surface area contributed by atoms with Gasteiger partial charge in [-0.05, 0) is 18.8 Å². The van der Waals surface area contributed by atoms with E-state index in [4.69, 9.17) is 4.98 Å². The van der Waals surface area contributed by atoms with Gasteiger partial charge >= 0.3 is 5.69 Å². The van der Waals surface area contributed by atoms with Crippen molar-refractivity contribution >= 4 is 17.1 Å². The minimum Gasteiger partial charge on any atom is -0.340 e. The van der Waals surface area contributed by atoms with Crippen molar-refractivity contribution in [1.29, 1.82) is 0 Å². The van der Waals surface area contributed by atoms with Crippen LogP contribution >= 0.6 is 0 Å². The molecule has 3 rings (SSSR count). The van der Waals surface area contributed by atoms with Gasteiger partial charge in [0.25, 0.3) is 5.56 Å². The molecular weight excluding hydrogens is 396 g/mol. The van der Waals surface area contributed by atoms with E-state index in [1.54, 1.807) is 7.05 Å². The van der Waals surface area contributed by atoms with Crippen LogP contribution in [0.15, 0.2) is 9.59 Å². The second kappa shape index (κ2) is 9.38. The van der Waals surface area contributed by atoms with E-state index in [2.05, 4.69) is 18.7 Å². The van der Waals surface area contributed by atoms with Crippen LogP contribution in [0.2, 0.25) is 0 Å². The maximum atomic E-state index is 12.9. The number of imidazole rings is 1. The Morgan fingerprint density at radius 1 is 1.00 bits per heavy atom. The predicted molar refractivity (Wildman–Crippen MR) is 121 cm³/mol. The first-order chi connectivity index (χ1) is 14.6. The third kappa shape index (κ3) is 4.76. The van der Waals surface area contributed by atoms with Gasteiger partial charge in [-0.25, -0.2) is 9.78 Å². The zero-order valence-electron chi connectivity index (χ0n) is 19.7. The summed E-state index contributed by atoms with van der Waals surface area (Å²) in [5.74, 6) is 1.59. The van der Waals surface area contributed by atoms with E-state index < -0.39 is 0 Å². The maximum Gasteiger partial charge on any atom is 0.332 e. The van der Waals surface area contributed by atoms with E-state index in [1.807, 2.05) is 23.3 Å². The number of amides is 1. The van der Waals surface area contributed by atoms with Gasteiger partial charge < -0.3 is 9.47 Å². The summed E-state index contributed by atoms with van der Waals surface area (Å²) in [6.45, 7) is 12.5. The van der Waals surface area contributed by atoms with Gasteiger partial charge in [0.2, 0.25) is 5.91 Å². The molecule has 1 aliphatic rings. The molecule has 3 heterocycles. The molecule has 172 valence electrons. The van der Waals surface area contributed by atoms with Gasteiger partial charge in [0.05, 0.1) is 6.54 Å². The quantitative estimate of drug-likeness (QED) is 0.656. The highest BCUT2D eigenvalue weighted by Crippen LogP contribution is 2.17. The van der Waals surface area contributed by atoms with Crippen LogP contribution in [0.1, 0.15) is 46.4 Å².